The molecule has 4 rings (SSSR count). The van der Waals surface area contributed by atoms with Crippen LogP contribution in [0.5, 0.6) is 0 Å². The first-order valence-corrected chi connectivity index (χ1v) is 12.5. The minimum absolute atomic E-state index is 0.0716. The first-order valence-electron chi connectivity index (χ1n) is 9.94. The second kappa shape index (κ2) is 9.02. The molecule has 1 aliphatic heterocycles. The molecule has 31 heavy (non-hydrogen) atoms. The van der Waals surface area contributed by atoms with Crippen LogP contribution in [0.1, 0.15) is 23.2 Å². The molecule has 1 aliphatic rings. The molecule has 9 heteroatoms. The van der Waals surface area contributed by atoms with E-state index >= 15 is 0 Å². The highest BCUT2D eigenvalue weighted by Gasteiger charge is 2.26. The maximum Gasteiger partial charge on any atom is 0.187 e. The van der Waals surface area contributed by atoms with Crippen molar-refractivity contribution in [1.29, 1.82) is 0 Å². The topological polar surface area (TPSA) is 62.3 Å². The number of rotatable bonds is 7. The maximum absolute atomic E-state index is 14.7. The Balaban J connectivity index is 1.44. The number of benzene rings is 2. The molecule has 0 unspecified atom stereocenters. The number of nitrogens with one attached hydrogen (secondary N) is 1. The lowest BCUT2D eigenvalue weighted by Gasteiger charge is -2.19. The number of halogens is 2. The van der Waals surface area contributed by atoms with E-state index in [0.717, 1.165) is 13.0 Å². The lowest BCUT2D eigenvalue weighted by molar-refractivity contribution is 0.323. The van der Waals surface area contributed by atoms with Crippen molar-refractivity contribution in [3.8, 4) is 0 Å². The molecule has 0 aliphatic carbocycles. The number of thiazole rings is 1. The van der Waals surface area contributed by atoms with Gasteiger partial charge in [-0.05, 0) is 37.1 Å². The van der Waals surface area contributed by atoms with Crippen LogP contribution in [0.2, 0.25) is 0 Å². The van der Waals surface area contributed by atoms with Crippen LogP contribution in [-0.2, 0) is 22.1 Å². The van der Waals surface area contributed by atoms with Crippen molar-refractivity contribution in [1.82, 2.24) is 9.88 Å². The predicted molar refractivity (Wildman–Crippen MR) is 118 cm³/mol. The highest BCUT2D eigenvalue weighted by molar-refractivity contribution is 7.90. The Morgan fingerprint density at radius 2 is 2.03 bits per heavy atom. The van der Waals surface area contributed by atoms with Gasteiger partial charge in [0.25, 0.3) is 0 Å². The number of nitrogens with zero attached hydrogens (tertiary/aromatic N) is 2. The second-order valence-electron chi connectivity index (χ2n) is 7.79. The van der Waals surface area contributed by atoms with Gasteiger partial charge in [0.15, 0.2) is 9.84 Å². The molecule has 1 atom stereocenters. The van der Waals surface area contributed by atoms with Crippen LogP contribution < -0.4 is 5.32 Å². The summed E-state index contributed by atoms with van der Waals surface area (Å²) in [5.74, 6) is -1.32. The fraction of sp³-hybridized carbons (Fsp3) is 0.318. The number of aryl methyl sites for hydroxylation is 1. The van der Waals surface area contributed by atoms with E-state index in [-0.39, 0.29) is 22.5 Å². The summed E-state index contributed by atoms with van der Waals surface area (Å²) in [5, 5.41) is 4.97. The van der Waals surface area contributed by atoms with E-state index < -0.39 is 15.7 Å². The van der Waals surface area contributed by atoms with Gasteiger partial charge in [-0.25, -0.2) is 22.2 Å². The molecule has 2 aromatic carbocycles. The van der Waals surface area contributed by atoms with Crippen molar-refractivity contribution in [2.24, 2.45) is 0 Å². The molecule has 1 fully saturated rings. The normalized spacial score (nSPS) is 17.2. The Bertz CT molecular complexity index is 1170. The molecule has 0 saturated carbocycles. The summed E-state index contributed by atoms with van der Waals surface area (Å²) in [7, 11) is -3.83. The van der Waals surface area contributed by atoms with Gasteiger partial charge in [-0.1, -0.05) is 18.2 Å². The number of anilines is 1. The second-order valence-corrected chi connectivity index (χ2v) is 10.5. The SMILES string of the molecule is Cc1cc(S(=O)(=O)Cc2cscn2)c(F)cc1N[C@H]1CCN(Cc2ccccc2F)C1. The van der Waals surface area contributed by atoms with Crippen molar-refractivity contribution in [2.45, 2.75) is 36.6 Å². The van der Waals surface area contributed by atoms with E-state index in [4.69, 9.17) is 0 Å². The summed E-state index contributed by atoms with van der Waals surface area (Å²) >= 11 is 1.30. The van der Waals surface area contributed by atoms with Gasteiger partial charge in [0, 0.05) is 42.3 Å². The van der Waals surface area contributed by atoms with Gasteiger partial charge < -0.3 is 5.32 Å². The number of sulfone groups is 1. The molecule has 0 bridgehead atoms. The van der Waals surface area contributed by atoms with E-state index in [1.54, 1.807) is 29.9 Å². The van der Waals surface area contributed by atoms with Gasteiger partial charge in [-0.2, -0.15) is 0 Å². The van der Waals surface area contributed by atoms with Crippen molar-refractivity contribution < 1.29 is 17.2 Å². The van der Waals surface area contributed by atoms with E-state index in [1.807, 2.05) is 6.07 Å². The van der Waals surface area contributed by atoms with Crippen LogP contribution in [0.25, 0.3) is 0 Å². The summed E-state index contributed by atoms with van der Waals surface area (Å²) in [6, 6.07) is 9.43. The Morgan fingerprint density at radius 1 is 1.23 bits per heavy atom. The Morgan fingerprint density at radius 3 is 2.77 bits per heavy atom. The number of hydrogen-bond donors (Lipinski definition) is 1. The summed E-state index contributed by atoms with van der Waals surface area (Å²) in [6.45, 7) is 3.77. The average Bonchev–Trinajstić information content (AvgIpc) is 3.38. The zero-order chi connectivity index (χ0) is 22.0. The molecule has 3 aromatic rings. The molecular weight excluding hydrogens is 440 g/mol. The average molecular weight is 464 g/mol. The van der Waals surface area contributed by atoms with Crippen LogP contribution >= 0.6 is 11.3 Å². The molecule has 1 N–H and O–H groups in total. The summed E-state index contributed by atoms with van der Waals surface area (Å²) < 4.78 is 53.9. The van der Waals surface area contributed by atoms with Crippen LogP contribution in [-0.4, -0.2) is 37.4 Å². The van der Waals surface area contributed by atoms with E-state index in [1.165, 1.54) is 29.5 Å². The third-order valence-electron chi connectivity index (χ3n) is 5.42. The van der Waals surface area contributed by atoms with E-state index in [0.29, 0.717) is 35.6 Å². The maximum atomic E-state index is 14.7. The molecule has 2 heterocycles. The Hall–Kier alpha value is -2.36. The Labute approximate surface area is 184 Å². The molecule has 0 radical (unpaired) electrons. The summed E-state index contributed by atoms with van der Waals surface area (Å²) in [5.41, 5.74) is 3.84. The van der Waals surface area contributed by atoms with Crippen LogP contribution in [0.3, 0.4) is 0 Å². The molecule has 1 aromatic heterocycles. The fourth-order valence-electron chi connectivity index (χ4n) is 3.81. The molecule has 1 saturated heterocycles. The summed E-state index contributed by atoms with van der Waals surface area (Å²) in [6.07, 6.45) is 0.833. The van der Waals surface area contributed by atoms with Crippen molar-refractivity contribution in [3.05, 3.63) is 75.7 Å². The van der Waals surface area contributed by atoms with Gasteiger partial charge in [0.2, 0.25) is 0 Å². The number of likely N-dealkylation sites (tertiary alicyclic amines) is 1. The van der Waals surface area contributed by atoms with Crippen LogP contribution in [0.4, 0.5) is 14.5 Å². The number of hydrogen-bond acceptors (Lipinski definition) is 6. The quantitative estimate of drug-likeness (QED) is 0.563. The zero-order valence-electron chi connectivity index (χ0n) is 17.0. The van der Waals surface area contributed by atoms with Crippen molar-refractivity contribution in [2.75, 3.05) is 18.4 Å². The molecule has 164 valence electrons. The smallest absolute Gasteiger partial charge is 0.187 e. The first kappa shape index (κ1) is 21.9. The molecule has 0 amide bonds. The molecular formula is C22H23F2N3O2S2. The van der Waals surface area contributed by atoms with Crippen LogP contribution in [0, 0.1) is 18.6 Å². The van der Waals surface area contributed by atoms with Gasteiger partial charge in [0.05, 0.1) is 17.0 Å². The minimum Gasteiger partial charge on any atom is -0.381 e. The highest BCUT2D eigenvalue weighted by atomic mass is 32.2. The third kappa shape index (κ3) is 5.11. The van der Waals surface area contributed by atoms with Crippen molar-refractivity contribution >= 4 is 26.9 Å². The third-order valence-corrected chi connectivity index (χ3v) is 7.71. The standard InChI is InChI=1S/C22H23F2N3O2S2/c1-15-8-22(31(28,29)13-18-12-30-14-25-18)20(24)9-21(15)26-17-6-7-27(11-17)10-16-4-2-3-5-19(16)23/h2-5,8-9,12,14,17,26H,6-7,10-11,13H2,1H3/t17-/m0/s1. The first-order chi connectivity index (χ1) is 14.8. The van der Waals surface area contributed by atoms with Crippen LogP contribution in [0.15, 0.2) is 52.2 Å². The lowest BCUT2D eigenvalue weighted by atomic mass is 10.1. The summed E-state index contributed by atoms with van der Waals surface area (Å²) in [4.78, 5) is 5.82. The van der Waals surface area contributed by atoms with E-state index in [9.17, 15) is 17.2 Å². The lowest BCUT2D eigenvalue weighted by Crippen LogP contribution is -2.26. The highest BCUT2D eigenvalue weighted by Crippen LogP contribution is 2.28. The largest absolute Gasteiger partial charge is 0.381 e. The van der Waals surface area contributed by atoms with Gasteiger partial charge >= 0.3 is 0 Å². The number of aromatic nitrogens is 1. The van der Waals surface area contributed by atoms with Gasteiger partial charge in [-0.3, -0.25) is 4.90 Å². The zero-order valence-corrected chi connectivity index (χ0v) is 18.6. The minimum atomic E-state index is -3.83. The fourth-order valence-corrected chi connectivity index (χ4v) is 5.89. The van der Waals surface area contributed by atoms with Gasteiger partial charge in [0.1, 0.15) is 16.5 Å². The monoisotopic (exact) mass is 463 g/mol. The van der Waals surface area contributed by atoms with E-state index in [2.05, 4.69) is 15.2 Å². The molecule has 0 spiro atoms. The Kier molecular flexibility index (Phi) is 6.36. The van der Waals surface area contributed by atoms with Crippen molar-refractivity contribution in [3.63, 3.8) is 0 Å². The predicted octanol–water partition coefficient (Wildman–Crippen LogP) is 4.39. The molecule has 5 nitrogen and oxygen atoms in total. The van der Waals surface area contributed by atoms with Gasteiger partial charge in [-0.15, -0.1) is 11.3 Å².